The second-order valence-electron chi connectivity index (χ2n) is 11.4. The lowest BCUT2D eigenvalue weighted by Crippen LogP contribution is -1.88. The van der Waals surface area contributed by atoms with Crippen LogP contribution >= 0.6 is 0 Å². The van der Waals surface area contributed by atoms with Crippen molar-refractivity contribution in [1.29, 1.82) is 5.41 Å². The van der Waals surface area contributed by atoms with Gasteiger partial charge in [-0.2, -0.15) is 0 Å². The molecule has 0 amide bonds. The summed E-state index contributed by atoms with van der Waals surface area (Å²) in [5.74, 6) is 0. The summed E-state index contributed by atoms with van der Waals surface area (Å²) in [5.41, 5.74) is 8.26. The molecule has 0 atom stereocenters. The topological polar surface area (TPSA) is 37.0 Å². The minimum atomic E-state index is 0.886. The number of rotatable bonds is 3. The van der Waals surface area contributed by atoms with Crippen molar-refractivity contribution in [3.05, 3.63) is 168 Å². The van der Waals surface area contributed by atoms with E-state index in [4.69, 9.17) is 9.83 Å². The lowest BCUT2D eigenvalue weighted by atomic mass is 9.91. The molecule has 0 saturated carbocycles. The van der Waals surface area contributed by atoms with Crippen molar-refractivity contribution >= 4 is 61.0 Å². The monoisotopic (exact) mass is 609 g/mol. The summed E-state index contributed by atoms with van der Waals surface area (Å²) >= 11 is 0. The minimum Gasteiger partial charge on any atom is -0.456 e. The van der Waals surface area contributed by atoms with Crippen molar-refractivity contribution in [3.63, 3.8) is 0 Å². The molecular weight excluding hydrogens is 571 g/mol. The van der Waals surface area contributed by atoms with Gasteiger partial charge in [-0.1, -0.05) is 141 Å². The summed E-state index contributed by atoms with van der Waals surface area (Å²) < 4.78 is 6.28. The van der Waals surface area contributed by atoms with Gasteiger partial charge in [-0.25, -0.2) is 0 Å². The average molecular weight is 610 g/mol. The average Bonchev–Trinajstić information content (AvgIpc) is 3.52. The number of fused-ring (bicyclic) bond motifs is 3. The molecule has 0 spiro atoms. The Morgan fingerprint density at radius 1 is 0.489 bits per heavy atom. The largest absolute Gasteiger partial charge is 0.456 e. The van der Waals surface area contributed by atoms with Crippen LogP contribution in [0.4, 0.5) is 0 Å². The zero-order chi connectivity index (χ0) is 32.8. The van der Waals surface area contributed by atoms with Crippen LogP contribution in [0.1, 0.15) is 30.5 Å². The van der Waals surface area contributed by atoms with E-state index < -0.39 is 0 Å². The van der Waals surface area contributed by atoms with E-state index in [1.165, 1.54) is 70.9 Å². The van der Waals surface area contributed by atoms with E-state index in [1.807, 2.05) is 32.0 Å². The van der Waals surface area contributed by atoms with E-state index in [2.05, 4.69) is 147 Å². The number of nitrogens with one attached hydrogen (secondary N) is 1. The normalized spacial score (nSPS) is 10.7. The van der Waals surface area contributed by atoms with Crippen LogP contribution in [0.5, 0.6) is 0 Å². The summed E-state index contributed by atoms with van der Waals surface area (Å²) in [4.78, 5) is 0. The van der Waals surface area contributed by atoms with E-state index >= 15 is 0 Å². The van der Waals surface area contributed by atoms with Crippen LogP contribution in [-0.4, -0.2) is 6.72 Å². The first kappa shape index (κ1) is 31.3. The quantitative estimate of drug-likeness (QED) is 0.157. The molecular formula is C45H39NO. The fraction of sp³-hybridized carbons (Fsp3) is 0.0889. The van der Waals surface area contributed by atoms with E-state index in [-0.39, 0.29) is 0 Å². The Morgan fingerprint density at radius 2 is 1.06 bits per heavy atom. The Bertz CT molecular complexity index is 2320. The van der Waals surface area contributed by atoms with Crippen molar-refractivity contribution in [2.75, 3.05) is 0 Å². The fourth-order valence-electron chi connectivity index (χ4n) is 6.50. The second-order valence-corrected chi connectivity index (χ2v) is 11.4. The van der Waals surface area contributed by atoms with Gasteiger partial charge in [0, 0.05) is 10.8 Å². The summed E-state index contributed by atoms with van der Waals surface area (Å²) in [6.07, 6.45) is 0.886. The van der Waals surface area contributed by atoms with Crippen molar-refractivity contribution in [3.8, 4) is 11.1 Å². The smallest absolute Gasteiger partial charge is 0.135 e. The zero-order valence-electron chi connectivity index (χ0n) is 27.3. The number of hydrogen-bond donors (Lipinski definition) is 1. The molecule has 0 fully saturated rings. The number of hydrogen-bond acceptors (Lipinski definition) is 2. The van der Waals surface area contributed by atoms with Gasteiger partial charge in [0.15, 0.2) is 0 Å². The summed E-state index contributed by atoms with van der Waals surface area (Å²) in [6.45, 7) is 8.58. The van der Waals surface area contributed by atoms with Crippen LogP contribution in [0.15, 0.2) is 156 Å². The highest BCUT2D eigenvalue weighted by Crippen LogP contribution is 2.39. The summed E-state index contributed by atoms with van der Waals surface area (Å²) in [7, 11) is 0. The van der Waals surface area contributed by atoms with Crippen LogP contribution in [0.2, 0.25) is 0 Å². The predicted molar refractivity (Wildman–Crippen MR) is 204 cm³/mol. The molecule has 0 aliphatic rings. The molecule has 0 aliphatic heterocycles. The maximum absolute atomic E-state index is 6.28. The first-order valence-corrected chi connectivity index (χ1v) is 16.2. The van der Waals surface area contributed by atoms with Gasteiger partial charge in [-0.15, -0.1) is 0 Å². The fourth-order valence-corrected chi connectivity index (χ4v) is 6.50. The highest BCUT2D eigenvalue weighted by molar-refractivity contribution is 6.23. The van der Waals surface area contributed by atoms with Gasteiger partial charge < -0.3 is 9.83 Å². The molecule has 0 unspecified atom stereocenters. The molecule has 1 aromatic heterocycles. The maximum atomic E-state index is 6.28. The van der Waals surface area contributed by atoms with Crippen molar-refractivity contribution in [2.45, 2.75) is 27.2 Å². The first-order chi connectivity index (χ1) is 23.2. The Morgan fingerprint density at radius 3 is 1.68 bits per heavy atom. The molecule has 2 nitrogen and oxygen atoms in total. The minimum absolute atomic E-state index is 0.886. The van der Waals surface area contributed by atoms with Crippen LogP contribution in [-0.2, 0) is 6.42 Å². The van der Waals surface area contributed by atoms with E-state index in [9.17, 15) is 0 Å². The molecule has 2 heteroatoms. The van der Waals surface area contributed by atoms with Gasteiger partial charge in [0.2, 0.25) is 0 Å². The van der Waals surface area contributed by atoms with E-state index in [0.29, 0.717) is 0 Å². The highest BCUT2D eigenvalue weighted by atomic mass is 16.3. The molecule has 230 valence electrons. The van der Waals surface area contributed by atoms with Gasteiger partial charge in [-0.3, -0.25) is 0 Å². The van der Waals surface area contributed by atoms with Gasteiger partial charge in [0.25, 0.3) is 0 Å². The molecule has 1 N–H and O–H groups in total. The molecule has 0 saturated heterocycles. The Hall–Kier alpha value is -5.73. The standard InChI is InChI=1S/C35H22O.C7H8.C2H6.CH3N/c1-2-6-22(7-3-1)18-26-10-5-11-32-35(26)30-21-25(16-17-31(30)36-32)29-19-27-14-12-23-8-4-9-24-13-15-28(20-29)34(27)33(23)24;1-7-5-3-2-4-6-7;2*1-2/h1-17,19-21H,18H2;2-6H,1H3;1-2H3;2H,1H2. The first-order valence-electron chi connectivity index (χ1n) is 16.2. The molecule has 0 aliphatic carbocycles. The van der Waals surface area contributed by atoms with Crippen LogP contribution in [0.25, 0.3) is 65.4 Å². The third-order valence-electron chi connectivity index (χ3n) is 8.56. The maximum Gasteiger partial charge on any atom is 0.135 e. The molecule has 9 aromatic rings. The SMILES string of the molecule is C=N.CC.Cc1ccccc1.c1ccc(Cc2cccc3oc4ccc(-c5cc6ccc7cccc8ccc(c5)c6c78)cc4c23)cc1. The molecule has 8 aromatic carbocycles. The zero-order valence-corrected chi connectivity index (χ0v) is 27.3. The van der Waals surface area contributed by atoms with Gasteiger partial charge in [0.05, 0.1) is 0 Å². The second kappa shape index (κ2) is 14.1. The molecule has 1 heterocycles. The van der Waals surface area contributed by atoms with Crippen LogP contribution in [0, 0.1) is 12.3 Å². The summed E-state index contributed by atoms with van der Waals surface area (Å²) in [6, 6.07) is 54.2. The van der Waals surface area contributed by atoms with E-state index in [1.54, 1.807) is 0 Å². The predicted octanol–water partition coefficient (Wildman–Crippen LogP) is 13.0. The number of benzene rings is 8. The Kier molecular flexibility index (Phi) is 9.41. The van der Waals surface area contributed by atoms with Gasteiger partial charge >= 0.3 is 0 Å². The Labute approximate surface area is 276 Å². The van der Waals surface area contributed by atoms with Crippen molar-refractivity contribution in [2.24, 2.45) is 0 Å². The van der Waals surface area contributed by atoms with Gasteiger partial charge in [-0.05, 0) is 105 Å². The molecule has 9 rings (SSSR count). The van der Waals surface area contributed by atoms with Crippen molar-refractivity contribution < 1.29 is 4.42 Å². The summed E-state index contributed by atoms with van der Waals surface area (Å²) in [5, 5.41) is 15.8. The Balaban J connectivity index is 0.000000307. The number of furan rings is 1. The van der Waals surface area contributed by atoms with Crippen LogP contribution < -0.4 is 0 Å². The highest BCUT2D eigenvalue weighted by Gasteiger charge is 2.14. The molecule has 0 radical (unpaired) electrons. The van der Waals surface area contributed by atoms with Gasteiger partial charge in [0.1, 0.15) is 11.2 Å². The molecule has 0 bridgehead atoms. The van der Waals surface area contributed by atoms with Crippen molar-refractivity contribution in [1.82, 2.24) is 0 Å². The lowest BCUT2D eigenvalue weighted by molar-refractivity contribution is 0.669. The van der Waals surface area contributed by atoms with Crippen LogP contribution in [0.3, 0.4) is 0 Å². The third kappa shape index (κ3) is 6.23. The molecule has 47 heavy (non-hydrogen) atoms. The number of aryl methyl sites for hydroxylation is 1. The lowest BCUT2D eigenvalue weighted by Gasteiger charge is -2.13. The third-order valence-corrected chi connectivity index (χ3v) is 8.56. The van der Waals surface area contributed by atoms with E-state index in [0.717, 1.165) is 17.6 Å².